The summed E-state index contributed by atoms with van der Waals surface area (Å²) in [4.78, 5) is 11.9. The van der Waals surface area contributed by atoms with Crippen LogP contribution in [-0.2, 0) is 11.3 Å². The fourth-order valence-corrected chi connectivity index (χ4v) is 1.45. The average molecular weight is 245 g/mol. The van der Waals surface area contributed by atoms with Gasteiger partial charge >= 0.3 is 0 Å². The summed E-state index contributed by atoms with van der Waals surface area (Å²) in [6.45, 7) is 2.28. The molecular formula is C13H15N3O2. The zero-order chi connectivity index (χ0) is 12.8. The summed E-state index contributed by atoms with van der Waals surface area (Å²) in [6, 6.07) is 10.8. The topological polar surface area (TPSA) is 67.2 Å². The van der Waals surface area contributed by atoms with Crippen molar-refractivity contribution in [3.63, 3.8) is 0 Å². The minimum atomic E-state index is -0.310. The summed E-state index contributed by atoms with van der Waals surface area (Å²) in [5, 5.41) is 9.48. The van der Waals surface area contributed by atoms with Crippen molar-refractivity contribution in [1.82, 2.24) is 10.5 Å². The summed E-state index contributed by atoms with van der Waals surface area (Å²) >= 11 is 0. The summed E-state index contributed by atoms with van der Waals surface area (Å²) in [7, 11) is 0. The number of nitrogens with one attached hydrogen (secondary N) is 2. The fraction of sp³-hybridized carbons (Fsp3) is 0.231. The zero-order valence-electron chi connectivity index (χ0n) is 10.1. The number of rotatable bonds is 5. The molecule has 2 rings (SSSR count). The fourth-order valence-electron chi connectivity index (χ4n) is 1.45. The lowest BCUT2D eigenvalue weighted by Gasteiger charge is -2.12. The van der Waals surface area contributed by atoms with E-state index in [2.05, 4.69) is 15.8 Å². The van der Waals surface area contributed by atoms with Crippen molar-refractivity contribution < 1.29 is 9.32 Å². The van der Waals surface area contributed by atoms with Crippen molar-refractivity contribution in [2.24, 2.45) is 0 Å². The van der Waals surface area contributed by atoms with E-state index in [-0.39, 0.29) is 11.9 Å². The number of benzene rings is 1. The van der Waals surface area contributed by atoms with Crippen LogP contribution in [0.5, 0.6) is 0 Å². The van der Waals surface area contributed by atoms with Gasteiger partial charge in [-0.2, -0.15) is 0 Å². The van der Waals surface area contributed by atoms with Gasteiger partial charge in [-0.15, -0.1) is 0 Å². The van der Waals surface area contributed by atoms with Gasteiger partial charge < -0.3 is 9.84 Å². The second-order valence-corrected chi connectivity index (χ2v) is 3.94. The molecule has 94 valence electrons. The quantitative estimate of drug-likeness (QED) is 0.842. The maximum atomic E-state index is 11.9. The van der Waals surface area contributed by atoms with E-state index in [1.165, 1.54) is 0 Å². The molecule has 0 fully saturated rings. The van der Waals surface area contributed by atoms with Gasteiger partial charge in [0, 0.05) is 11.8 Å². The second-order valence-electron chi connectivity index (χ2n) is 3.94. The Kier molecular flexibility index (Phi) is 4.09. The number of nitrogens with zero attached hydrogens (tertiary/aromatic N) is 1. The molecule has 0 aliphatic rings. The third kappa shape index (κ3) is 3.43. The Morgan fingerprint density at radius 3 is 2.78 bits per heavy atom. The number of amides is 1. The molecule has 0 spiro atoms. The normalized spacial score (nSPS) is 12.1. The van der Waals surface area contributed by atoms with Crippen LogP contribution < -0.4 is 10.6 Å². The highest BCUT2D eigenvalue weighted by Gasteiger charge is 2.12. The van der Waals surface area contributed by atoms with E-state index < -0.39 is 0 Å². The Labute approximate surface area is 105 Å². The first-order chi connectivity index (χ1) is 8.75. The number of para-hydroxylation sites is 1. The Hall–Kier alpha value is -2.14. The maximum absolute atomic E-state index is 11.9. The Balaban J connectivity index is 1.82. The van der Waals surface area contributed by atoms with E-state index in [1.807, 2.05) is 30.3 Å². The number of carbonyl (C=O) groups is 1. The van der Waals surface area contributed by atoms with E-state index >= 15 is 0 Å². The summed E-state index contributed by atoms with van der Waals surface area (Å²) in [5.41, 5.74) is 0.788. The molecule has 0 aliphatic heterocycles. The van der Waals surface area contributed by atoms with Crippen molar-refractivity contribution in [1.29, 1.82) is 0 Å². The van der Waals surface area contributed by atoms with Crippen LogP contribution in [0.4, 0.5) is 5.69 Å². The summed E-state index contributed by atoms with van der Waals surface area (Å²) < 4.78 is 4.94. The molecule has 1 aromatic carbocycles. The first-order valence-corrected chi connectivity index (χ1v) is 5.74. The van der Waals surface area contributed by atoms with Gasteiger partial charge in [-0.05, 0) is 19.1 Å². The van der Waals surface area contributed by atoms with Gasteiger partial charge in [0.2, 0.25) is 5.91 Å². The minimum absolute atomic E-state index is 0.0827. The highest BCUT2D eigenvalue weighted by Crippen LogP contribution is 2.05. The molecule has 1 unspecified atom stereocenters. The lowest BCUT2D eigenvalue weighted by molar-refractivity contribution is -0.117. The first-order valence-electron chi connectivity index (χ1n) is 5.74. The highest BCUT2D eigenvalue weighted by atomic mass is 16.5. The number of aromatic nitrogens is 1. The van der Waals surface area contributed by atoms with Crippen molar-refractivity contribution in [3.05, 3.63) is 48.4 Å². The molecule has 1 aromatic heterocycles. The molecule has 0 aliphatic carbocycles. The monoisotopic (exact) mass is 245 g/mol. The van der Waals surface area contributed by atoms with Crippen molar-refractivity contribution in [3.8, 4) is 0 Å². The van der Waals surface area contributed by atoms with Crippen molar-refractivity contribution >= 4 is 11.6 Å². The van der Waals surface area contributed by atoms with Crippen LogP contribution in [0, 0.1) is 0 Å². The molecule has 2 N–H and O–H groups in total. The van der Waals surface area contributed by atoms with Crippen molar-refractivity contribution in [2.75, 3.05) is 5.32 Å². The number of hydrogen-bond acceptors (Lipinski definition) is 4. The van der Waals surface area contributed by atoms with Gasteiger partial charge in [0.05, 0.1) is 18.8 Å². The van der Waals surface area contributed by atoms with Crippen LogP contribution in [-0.4, -0.2) is 17.1 Å². The Morgan fingerprint density at radius 2 is 2.11 bits per heavy atom. The zero-order valence-corrected chi connectivity index (χ0v) is 10.1. The molecule has 0 bridgehead atoms. The lowest BCUT2D eigenvalue weighted by Crippen LogP contribution is -2.37. The standard InChI is InChI=1S/C13H15N3O2/c1-10(14-9-12-7-8-15-18-12)13(17)16-11-5-3-2-4-6-11/h2-8,10,14H,9H2,1H3,(H,16,17). The molecule has 1 atom stereocenters. The van der Waals surface area contributed by atoms with E-state index in [9.17, 15) is 4.79 Å². The number of hydrogen-bond donors (Lipinski definition) is 2. The van der Waals surface area contributed by atoms with Gasteiger partial charge in [-0.25, -0.2) is 0 Å². The van der Waals surface area contributed by atoms with Gasteiger partial charge in [-0.1, -0.05) is 23.4 Å². The largest absolute Gasteiger partial charge is 0.360 e. The van der Waals surface area contributed by atoms with E-state index in [4.69, 9.17) is 4.52 Å². The predicted molar refractivity (Wildman–Crippen MR) is 67.9 cm³/mol. The molecule has 1 amide bonds. The number of anilines is 1. The summed E-state index contributed by atoms with van der Waals surface area (Å²) in [5.74, 6) is 0.620. The minimum Gasteiger partial charge on any atom is -0.360 e. The van der Waals surface area contributed by atoms with Crippen LogP contribution in [0.3, 0.4) is 0 Å². The van der Waals surface area contributed by atoms with Crippen LogP contribution in [0.25, 0.3) is 0 Å². The van der Waals surface area contributed by atoms with Crippen molar-refractivity contribution in [2.45, 2.75) is 19.5 Å². The van der Waals surface area contributed by atoms with Crippen LogP contribution >= 0.6 is 0 Å². The Morgan fingerprint density at radius 1 is 1.33 bits per heavy atom. The molecule has 5 nitrogen and oxygen atoms in total. The average Bonchev–Trinajstić information content (AvgIpc) is 2.90. The third-order valence-corrected chi connectivity index (χ3v) is 2.51. The lowest BCUT2D eigenvalue weighted by atomic mass is 10.2. The second kappa shape index (κ2) is 5.97. The first kappa shape index (κ1) is 12.3. The van der Waals surface area contributed by atoms with Gasteiger partial charge in [0.15, 0.2) is 0 Å². The summed E-state index contributed by atoms with van der Waals surface area (Å²) in [6.07, 6.45) is 1.58. The Bertz CT molecular complexity index is 482. The smallest absolute Gasteiger partial charge is 0.241 e. The highest BCUT2D eigenvalue weighted by molar-refractivity contribution is 5.94. The molecule has 2 aromatic rings. The third-order valence-electron chi connectivity index (χ3n) is 2.51. The van der Waals surface area contributed by atoms with E-state index in [0.29, 0.717) is 12.3 Å². The van der Waals surface area contributed by atoms with Crippen LogP contribution in [0.1, 0.15) is 12.7 Å². The molecule has 5 heteroatoms. The molecule has 0 radical (unpaired) electrons. The molecular weight excluding hydrogens is 230 g/mol. The van der Waals surface area contributed by atoms with Gasteiger partial charge in [0.25, 0.3) is 0 Å². The predicted octanol–water partition coefficient (Wildman–Crippen LogP) is 1.79. The van der Waals surface area contributed by atoms with Crippen LogP contribution in [0.15, 0.2) is 47.1 Å². The SMILES string of the molecule is CC(NCc1ccno1)C(=O)Nc1ccccc1. The van der Waals surface area contributed by atoms with Crippen LogP contribution in [0.2, 0.25) is 0 Å². The molecule has 0 saturated carbocycles. The van der Waals surface area contributed by atoms with E-state index in [1.54, 1.807) is 19.2 Å². The molecule has 0 saturated heterocycles. The maximum Gasteiger partial charge on any atom is 0.241 e. The molecule has 18 heavy (non-hydrogen) atoms. The molecule has 1 heterocycles. The van der Waals surface area contributed by atoms with Gasteiger partial charge in [0.1, 0.15) is 5.76 Å². The van der Waals surface area contributed by atoms with E-state index in [0.717, 1.165) is 5.69 Å². The van der Waals surface area contributed by atoms with Gasteiger partial charge in [-0.3, -0.25) is 10.1 Å². The number of carbonyl (C=O) groups excluding carboxylic acids is 1.